The van der Waals surface area contributed by atoms with Gasteiger partial charge in [-0.25, -0.2) is 0 Å². The van der Waals surface area contributed by atoms with Crippen LogP contribution in [0.3, 0.4) is 0 Å². The molecule has 3 aromatic rings. The molecule has 1 aliphatic rings. The number of nitrogens with zero attached hydrogens (tertiary/aromatic N) is 2. The van der Waals surface area contributed by atoms with Crippen molar-refractivity contribution >= 4 is 28.8 Å². The molecule has 2 atom stereocenters. The number of aryl methyl sites for hydroxylation is 1. The maximum Gasteiger partial charge on any atom is 0.254 e. The summed E-state index contributed by atoms with van der Waals surface area (Å²) in [5.74, 6) is -0.602. The molecule has 0 bridgehead atoms. The van der Waals surface area contributed by atoms with Crippen molar-refractivity contribution in [3.05, 3.63) is 87.6 Å². The van der Waals surface area contributed by atoms with Gasteiger partial charge in [0.15, 0.2) is 0 Å². The molecule has 1 aliphatic heterocycles. The molecule has 1 aromatic heterocycles. The summed E-state index contributed by atoms with van der Waals surface area (Å²) in [7, 11) is 3.43. The number of anilines is 1. The average molecular weight is 435 g/mol. The first-order valence-corrected chi connectivity index (χ1v) is 11.2. The monoisotopic (exact) mass is 434 g/mol. The average Bonchev–Trinajstić information content (AvgIpc) is 3.32. The van der Waals surface area contributed by atoms with E-state index in [-0.39, 0.29) is 17.9 Å². The van der Waals surface area contributed by atoms with E-state index in [1.165, 1.54) is 0 Å². The van der Waals surface area contributed by atoms with Crippen LogP contribution in [0.5, 0.6) is 0 Å². The van der Waals surface area contributed by atoms with Crippen LogP contribution in [0.15, 0.2) is 66.0 Å². The van der Waals surface area contributed by atoms with Gasteiger partial charge in [-0.2, -0.15) is 0 Å². The zero-order valence-corrected chi connectivity index (χ0v) is 18.8. The summed E-state index contributed by atoms with van der Waals surface area (Å²) in [4.78, 5) is 31.9. The number of hydrogen-bond acceptors (Lipinski definition) is 4. The maximum atomic E-state index is 14.0. The SMILES string of the molecule is COCCN1C(=O)c2ccccc2C(C(=O)N(C)c2cccc(C)c2)C1c1cccs1. The predicted octanol–water partition coefficient (Wildman–Crippen LogP) is 4.65. The molecule has 5 nitrogen and oxygen atoms in total. The fraction of sp³-hybridized carbons (Fsp3) is 0.280. The normalized spacial score (nSPS) is 18.0. The lowest BCUT2D eigenvalue weighted by Gasteiger charge is -2.42. The van der Waals surface area contributed by atoms with E-state index in [1.807, 2.05) is 73.0 Å². The van der Waals surface area contributed by atoms with Crippen LogP contribution in [-0.4, -0.2) is 44.0 Å². The van der Waals surface area contributed by atoms with Crippen molar-refractivity contribution in [1.29, 1.82) is 0 Å². The molecule has 0 radical (unpaired) electrons. The number of ether oxygens (including phenoxy) is 1. The number of likely N-dealkylation sites (N-methyl/N-ethyl adjacent to an activating group) is 1. The highest BCUT2D eigenvalue weighted by Gasteiger charge is 2.45. The first-order chi connectivity index (χ1) is 15.0. The molecule has 2 unspecified atom stereocenters. The number of amides is 2. The van der Waals surface area contributed by atoms with Crippen LogP contribution in [0.25, 0.3) is 0 Å². The maximum absolute atomic E-state index is 14.0. The molecule has 0 aliphatic carbocycles. The lowest BCUT2D eigenvalue weighted by Crippen LogP contribution is -2.48. The first kappa shape index (κ1) is 21.3. The van der Waals surface area contributed by atoms with Crippen molar-refractivity contribution in [2.45, 2.75) is 18.9 Å². The van der Waals surface area contributed by atoms with E-state index >= 15 is 0 Å². The van der Waals surface area contributed by atoms with E-state index in [9.17, 15) is 9.59 Å². The summed E-state index contributed by atoms with van der Waals surface area (Å²) in [6, 6.07) is 19.0. The summed E-state index contributed by atoms with van der Waals surface area (Å²) in [5.41, 5.74) is 3.30. The van der Waals surface area contributed by atoms with Gasteiger partial charge in [0, 0.05) is 36.8 Å². The Balaban J connectivity index is 1.84. The van der Waals surface area contributed by atoms with Crippen LogP contribution in [0.4, 0.5) is 5.69 Å². The number of hydrogen-bond donors (Lipinski definition) is 0. The van der Waals surface area contributed by atoms with Crippen LogP contribution in [0.2, 0.25) is 0 Å². The third-order valence-electron chi connectivity index (χ3n) is 5.80. The molecule has 4 rings (SSSR count). The fourth-order valence-electron chi connectivity index (χ4n) is 4.24. The van der Waals surface area contributed by atoms with E-state index in [2.05, 4.69) is 0 Å². The van der Waals surface area contributed by atoms with E-state index in [4.69, 9.17) is 4.74 Å². The molecule has 31 heavy (non-hydrogen) atoms. The highest BCUT2D eigenvalue weighted by Crippen LogP contribution is 2.45. The van der Waals surface area contributed by atoms with Crippen LogP contribution >= 0.6 is 11.3 Å². The lowest BCUT2D eigenvalue weighted by molar-refractivity contribution is -0.121. The molecule has 2 heterocycles. The molecule has 0 spiro atoms. The minimum Gasteiger partial charge on any atom is -0.383 e. The van der Waals surface area contributed by atoms with E-state index in [1.54, 1.807) is 35.3 Å². The van der Waals surface area contributed by atoms with Gasteiger partial charge < -0.3 is 14.5 Å². The van der Waals surface area contributed by atoms with Gasteiger partial charge in [0.2, 0.25) is 5.91 Å². The number of carbonyl (C=O) groups is 2. The zero-order chi connectivity index (χ0) is 22.0. The minimum absolute atomic E-state index is 0.0358. The number of methoxy groups -OCH3 is 1. The second-order valence-corrected chi connectivity index (χ2v) is 8.73. The second-order valence-electron chi connectivity index (χ2n) is 7.75. The lowest BCUT2D eigenvalue weighted by atomic mass is 9.81. The number of carbonyl (C=O) groups excluding carboxylic acids is 2. The molecular formula is C25H26N2O3S. The van der Waals surface area contributed by atoms with Crippen LogP contribution < -0.4 is 4.90 Å². The van der Waals surface area contributed by atoms with Crippen molar-refractivity contribution < 1.29 is 14.3 Å². The van der Waals surface area contributed by atoms with Crippen LogP contribution in [0, 0.1) is 6.92 Å². The van der Waals surface area contributed by atoms with Gasteiger partial charge in [-0.1, -0.05) is 36.4 Å². The molecule has 160 valence electrons. The van der Waals surface area contributed by atoms with Crippen molar-refractivity contribution in [2.75, 3.05) is 32.2 Å². The summed E-state index contributed by atoms with van der Waals surface area (Å²) in [5, 5.41) is 1.99. The quantitative estimate of drug-likeness (QED) is 0.568. The molecule has 2 aromatic carbocycles. The van der Waals surface area contributed by atoms with E-state index in [0.29, 0.717) is 18.7 Å². The highest BCUT2D eigenvalue weighted by molar-refractivity contribution is 7.10. The highest BCUT2D eigenvalue weighted by atomic mass is 32.1. The van der Waals surface area contributed by atoms with Gasteiger partial charge in [0.1, 0.15) is 0 Å². The second kappa shape index (κ2) is 9.04. The predicted molar refractivity (Wildman–Crippen MR) is 124 cm³/mol. The number of benzene rings is 2. The fourth-order valence-corrected chi connectivity index (χ4v) is 5.12. The summed E-state index contributed by atoms with van der Waals surface area (Å²) in [6.45, 7) is 2.84. The molecule has 0 fully saturated rings. The minimum atomic E-state index is -0.505. The molecule has 0 saturated heterocycles. The number of fused-ring (bicyclic) bond motifs is 1. The molecule has 6 heteroatoms. The van der Waals surface area contributed by atoms with Crippen molar-refractivity contribution in [1.82, 2.24) is 4.90 Å². The van der Waals surface area contributed by atoms with Gasteiger partial charge in [-0.15, -0.1) is 11.3 Å². The van der Waals surface area contributed by atoms with Gasteiger partial charge in [-0.3, -0.25) is 9.59 Å². The molecule has 0 N–H and O–H groups in total. The van der Waals surface area contributed by atoms with Crippen molar-refractivity contribution in [3.63, 3.8) is 0 Å². The topological polar surface area (TPSA) is 49.9 Å². The third-order valence-corrected chi connectivity index (χ3v) is 6.74. The van der Waals surface area contributed by atoms with Gasteiger partial charge >= 0.3 is 0 Å². The van der Waals surface area contributed by atoms with Gasteiger partial charge in [-0.05, 0) is 47.7 Å². The van der Waals surface area contributed by atoms with Crippen LogP contribution in [-0.2, 0) is 9.53 Å². The third kappa shape index (κ3) is 4.01. The molecular weight excluding hydrogens is 408 g/mol. The zero-order valence-electron chi connectivity index (χ0n) is 17.9. The number of thiophene rings is 1. The smallest absolute Gasteiger partial charge is 0.254 e. The van der Waals surface area contributed by atoms with Gasteiger partial charge in [0.25, 0.3) is 5.91 Å². The van der Waals surface area contributed by atoms with Crippen LogP contribution in [0.1, 0.15) is 38.3 Å². The van der Waals surface area contributed by atoms with E-state index in [0.717, 1.165) is 21.7 Å². The van der Waals surface area contributed by atoms with Gasteiger partial charge in [0.05, 0.1) is 18.6 Å². The Morgan fingerprint density at radius 3 is 2.65 bits per heavy atom. The molecule has 2 amide bonds. The standard InChI is InChI=1S/C25H26N2O3S/c1-17-8-6-9-18(16-17)26(2)25(29)22-19-10-4-5-11-20(19)24(28)27(13-14-30-3)23(22)21-12-7-15-31-21/h4-12,15-16,22-23H,13-14H2,1-3H3. The first-order valence-electron chi connectivity index (χ1n) is 10.3. The Morgan fingerprint density at radius 1 is 1.13 bits per heavy atom. The molecule has 0 saturated carbocycles. The van der Waals surface area contributed by atoms with Crippen molar-refractivity contribution in [3.8, 4) is 0 Å². The Morgan fingerprint density at radius 2 is 1.94 bits per heavy atom. The summed E-state index contributed by atoms with van der Waals surface area (Å²) >= 11 is 1.57. The Bertz CT molecular complexity index is 1080. The Kier molecular flexibility index (Phi) is 6.20. The summed E-state index contributed by atoms with van der Waals surface area (Å²) < 4.78 is 5.29. The summed E-state index contributed by atoms with van der Waals surface area (Å²) in [6.07, 6.45) is 0. The van der Waals surface area contributed by atoms with Crippen molar-refractivity contribution in [2.24, 2.45) is 0 Å². The largest absolute Gasteiger partial charge is 0.383 e. The Labute approximate surface area is 186 Å². The number of rotatable bonds is 6. The van der Waals surface area contributed by atoms with E-state index < -0.39 is 5.92 Å². The Hall–Kier alpha value is -2.96.